The third kappa shape index (κ3) is 4.79. The molecular formula is C20H17ClF3N7O3. The van der Waals surface area contributed by atoms with Crippen LogP contribution >= 0.6 is 11.6 Å². The minimum atomic E-state index is -4.48. The van der Waals surface area contributed by atoms with E-state index in [0.717, 1.165) is 18.5 Å². The van der Waals surface area contributed by atoms with Gasteiger partial charge in [0.1, 0.15) is 22.9 Å². The highest BCUT2D eigenvalue weighted by Crippen LogP contribution is 2.32. The number of hydrogen-bond acceptors (Lipinski definition) is 8. The number of rotatable bonds is 7. The number of aromatic nitrogens is 5. The zero-order valence-corrected chi connectivity index (χ0v) is 18.2. The van der Waals surface area contributed by atoms with Crippen molar-refractivity contribution in [2.75, 3.05) is 18.5 Å². The summed E-state index contributed by atoms with van der Waals surface area (Å²) in [5, 5.41) is 18.2. The zero-order valence-electron chi connectivity index (χ0n) is 17.4. The maximum atomic E-state index is 12.9. The van der Waals surface area contributed by atoms with E-state index in [2.05, 4.69) is 35.7 Å². The van der Waals surface area contributed by atoms with Gasteiger partial charge in [-0.25, -0.2) is 15.0 Å². The number of hydrogen-bond donors (Lipinski definition) is 4. The standard InChI is InChI=1S/C20H17ClF3N7O3/c1-9(28-19(33)16-15(21)18(25-4-5-32)27-8-26-16)14-7-13(31-34-14)17-29-11-3-2-10(20(22,23)24)6-12(11)30-17/h2-3,6-9,32H,4-5H2,1H3,(H,28,33)(H,29,30)(H,25,26,27)/t9-/m1/s1. The normalized spacial score (nSPS) is 12.6. The number of H-pyrrole nitrogens is 1. The number of imidazole rings is 1. The number of fused-ring (bicyclic) bond motifs is 1. The molecule has 0 unspecified atom stereocenters. The summed E-state index contributed by atoms with van der Waals surface area (Å²) in [6.45, 7) is 1.67. The fraction of sp³-hybridized carbons (Fsp3) is 0.250. The third-order valence-corrected chi connectivity index (χ3v) is 5.12. The van der Waals surface area contributed by atoms with Crippen molar-refractivity contribution in [3.05, 3.63) is 52.6 Å². The Hall–Kier alpha value is -3.71. The molecule has 0 radical (unpaired) electrons. The summed E-state index contributed by atoms with van der Waals surface area (Å²) in [5.41, 5.74) is -0.110. The van der Waals surface area contributed by atoms with Crippen molar-refractivity contribution in [1.29, 1.82) is 0 Å². The number of alkyl halides is 3. The third-order valence-electron chi connectivity index (χ3n) is 4.76. The highest BCUT2D eigenvalue weighted by atomic mass is 35.5. The lowest BCUT2D eigenvalue weighted by Crippen LogP contribution is -2.28. The van der Waals surface area contributed by atoms with Crippen LogP contribution in [0, 0.1) is 0 Å². The molecule has 0 fully saturated rings. The molecule has 4 N–H and O–H groups in total. The van der Waals surface area contributed by atoms with E-state index in [9.17, 15) is 18.0 Å². The second kappa shape index (κ2) is 9.27. The first kappa shape index (κ1) is 23.4. The molecule has 0 aliphatic carbocycles. The first-order valence-electron chi connectivity index (χ1n) is 9.87. The van der Waals surface area contributed by atoms with E-state index in [1.807, 2.05) is 0 Å². The van der Waals surface area contributed by atoms with Gasteiger partial charge in [0.15, 0.2) is 17.3 Å². The van der Waals surface area contributed by atoms with Crippen LogP contribution in [0.2, 0.25) is 5.02 Å². The van der Waals surface area contributed by atoms with E-state index in [0.29, 0.717) is 5.52 Å². The Labute approximate surface area is 194 Å². The number of anilines is 1. The Kier molecular flexibility index (Phi) is 6.39. The molecule has 14 heteroatoms. The Morgan fingerprint density at radius 3 is 2.82 bits per heavy atom. The number of carbonyl (C=O) groups is 1. The van der Waals surface area contributed by atoms with Gasteiger partial charge in [0, 0.05) is 12.6 Å². The molecule has 4 rings (SSSR count). The molecular weight excluding hydrogens is 479 g/mol. The lowest BCUT2D eigenvalue weighted by molar-refractivity contribution is -0.137. The summed E-state index contributed by atoms with van der Waals surface area (Å²) in [5.74, 6) is 0.0715. The molecule has 10 nitrogen and oxygen atoms in total. The molecule has 0 spiro atoms. The highest BCUT2D eigenvalue weighted by Gasteiger charge is 2.31. The molecule has 1 aromatic carbocycles. The smallest absolute Gasteiger partial charge is 0.395 e. The van der Waals surface area contributed by atoms with E-state index < -0.39 is 23.7 Å². The largest absolute Gasteiger partial charge is 0.416 e. The van der Waals surface area contributed by atoms with Crippen LogP contribution in [-0.4, -0.2) is 49.3 Å². The van der Waals surface area contributed by atoms with E-state index in [1.54, 1.807) is 6.92 Å². The summed E-state index contributed by atoms with van der Waals surface area (Å²) < 4.78 is 44.1. The Balaban J connectivity index is 1.51. The fourth-order valence-electron chi connectivity index (χ4n) is 3.07. The Morgan fingerprint density at radius 2 is 2.09 bits per heavy atom. The first-order chi connectivity index (χ1) is 16.2. The van der Waals surface area contributed by atoms with Gasteiger partial charge in [-0.05, 0) is 25.1 Å². The van der Waals surface area contributed by atoms with Gasteiger partial charge in [0.05, 0.1) is 29.2 Å². The van der Waals surface area contributed by atoms with Crippen LogP contribution in [0.1, 0.15) is 34.8 Å². The molecule has 0 bridgehead atoms. The summed E-state index contributed by atoms with van der Waals surface area (Å²) in [6, 6.07) is 4.02. The van der Waals surface area contributed by atoms with Gasteiger partial charge in [-0.3, -0.25) is 4.79 Å². The van der Waals surface area contributed by atoms with E-state index in [4.69, 9.17) is 21.2 Å². The minimum Gasteiger partial charge on any atom is -0.395 e. The topological polar surface area (TPSA) is 142 Å². The molecule has 0 aliphatic heterocycles. The van der Waals surface area contributed by atoms with Crippen LogP contribution in [0.25, 0.3) is 22.6 Å². The molecule has 3 heterocycles. The number of nitrogens with zero attached hydrogens (tertiary/aromatic N) is 4. The van der Waals surface area contributed by atoms with E-state index in [-0.39, 0.29) is 52.5 Å². The lowest BCUT2D eigenvalue weighted by atomic mass is 10.2. The number of nitrogens with one attached hydrogen (secondary N) is 3. The average Bonchev–Trinajstić information content (AvgIpc) is 3.44. The average molecular weight is 496 g/mol. The second-order valence-electron chi connectivity index (χ2n) is 7.16. The number of benzene rings is 1. The molecule has 3 aromatic heterocycles. The van der Waals surface area contributed by atoms with Gasteiger partial charge in [-0.1, -0.05) is 16.8 Å². The predicted molar refractivity (Wildman–Crippen MR) is 115 cm³/mol. The van der Waals surface area contributed by atoms with E-state index in [1.165, 1.54) is 12.1 Å². The summed E-state index contributed by atoms with van der Waals surface area (Å²) in [7, 11) is 0. The molecule has 1 amide bonds. The van der Waals surface area contributed by atoms with Crippen molar-refractivity contribution in [3.63, 3.8) is 0 Å². The maximum Gasteiger partial charge on any atom is 0.416 e. The summed E-state index contributed by atoms with van der Waals surface area (Å²) >= 11 is 6.18. The van der Waals surface area contributed by atoms with Gasteiger partial charge in [-0.2, -0.15) is 13.2 Å². The summed E-state index contributed by atoms with van der Waals surface area (Å²) in [6.07, 6.45) is -3.32. The number of aliphatic hydroxyl groups excluding tert-OH is 1. The quantitative estimate of drug-likeness (QED) is 0.305. The van der Waals surface area contributed by atoms with Crippen LogP contribution in [0.4, 0.5) is 19.0 Å². The number of aromatic amines is 1. The maximum absolute atomic E-state index is 12.9. The van der Waals surface area contributed by atoms with Crippen molar-refractivity contribution in [2.45, 2.75) is 19.1 Å². The monoisotopic (exact) mass is 495 g/mol. The van der Waals surface area contributed by atoms with Crippen molar-refractivity contribution in [3.8, 4) is 11.5 Å². The number of halogens is 4. The van der Waals surface area contributed by atoms with Crippen LogP contribution < -0.4 is 10.6 Å². The molecule has 0 saturated heterocycles. The Morgan fingerprint density at radius 1 is 1.29 bits per heavy atom. The molecule has 0 saturated carbocycles. The minimum absolute atomic E-state index is 0.0144. The van der Waals surface area contributed by atoms with Gasteiger partial charge >= 0.3 is 6.18 Å². The van der Waals surface area contributed by atoms with Crippen molar-refractivity contribution < 1.29 is 27.6 Å². The first-order valence-corrected chi connectivity index (χ1v) is 10.2. The van der Waals surface area contributed by atoms with Crippen LogP contribution in [0.15, 0.2) is 35.1 Å². The second-order valence-corrected chi connectivity index (χ2v) is 7.54. The Bertz CT molecular complexity index is 1340. The molecule has 1 atom stereocenters. The zero-order chi connectivity index (χ0) is 24.5. The SMILES string of the molecule is C[C@@H](NC(=O)c1ncnc(NCCO)c1Cl)c1cc(-c2nc3ccc(C(F)(F)F)cc3[nH]2)no1. The van der Waals surface area contributed by atoms with Crippen LogP contribution in [-0.2, 0) is 6.18 Å². The summed E-state index contributed by atoms with van der Waals surface area (Å²) in [4.78, 5) is 27.5. The van der Waals surface area contributed by atoms with E-state index >= 15 is 0 Å². The molecule has 4 aromatic rings. The highest BCUT2D eigenvalue weighted by molar-refractivity contribution is 6.35. The number of aliphatic hydroxyl groups is 1. The fourth-order valence-corrected chi connectivity index (χ4v) is 3.32. The van der Waals surface area contributed by atoms with Crippen LogP contribution in [0.5, 0.6) is 0 Å². The van der Waals surface area contributed by atoms with Gasteiger partial charge in [0.2, 0.25) is 0 Å². The molecule has 0 aliphatic rings. The van der Waals surface area contributed by atoms with Crippen molar-refractivity contribution in [2.24, 2.45) is 0 Å². The van der Waals surface area contributed by atoms with Gasteiger partial charge in [0.25, 0.3) is 5.91 Å². The predicted octanol–water partition coefficient (Wildman–Crippen LogP) is 3.58. The number of carbonyl (C=O) groups excluding carboxylic acids is 1. The van der Waals surface area contributed by atoms with Crippen molar-refractivity contribution >= 4 is 34.4 Å². The van der Waals surface area contributed by atoms with Crippen LogP contribution in [0.3, 0.4) is 0 Å². The molecule has 178 valence electrons. The van der Waals surface area contributed by atoms with Gasteiger partial charge in [-0.15, -0.1) is 0 Å². The lowest BCUT2D eigenvalue weighted by Gasteiger charge is -2.12. The number of amides is 1. The van der Waals surface area contributed by atoms with Crippen molar-refractivity contribution in [1.82, 2.24) is 30.4 Å². The van der Waals surface area contributed by atoms with Gasteiger partial charge < -0.3 is 25.2 Å². The molecule has 34 heavy (non-hydrogen) atoms.